The lowest BCUT2D eigenvalue weighted by Crippen LogP contribution is -2.27. The highest BCUT2D eigenvalue weighted by Crippen LogP contribution is 2.20. The zero-order valence-electron chi connectivity index (χ0n) is 11.4. The molecule has 1 rings (SSSR count). The topological polar surface area (TPSA) is 59.8 Å². The fourth-order valence-electron chi connectivity index (χ4n) is 1.49. The van der Waals surface area contributed by atoms with Crippen molar-refractivity contribution < 1.29 is 9.57 Å². The molecule has 0 amide bonds. The molecule has 0 aliphatic heterocycles. The number of hydrogen-bond acceptors (Lipinski definition) is 5. The summed E-state index contributed by atoms with van der Waals surface area (Å²) < 4.78 is 6.95. The first-order valence-electron chi connectivity index (χ1n) is 5.93. The molecule has 0 saturated heterocycles. The molecule has 5 nitrogen and oxygen atoms in total. The normalized spacial score (nSPS) is 11.3. The van der Waals surface area contributed by atoms with Crippen molar-refractivity contribution in [3.8, 4) is 5.75 Å². The largest absolute Gasteiger partial charge is 0.493 e. The quantitative estimate of drug-likeness (QED) is 0.330. The second-order valence-electron chi connectivity index (χ2n) is 4.05. The Balaban J connectivity index is 2.52. The predicted molar refractivity (Wildman–Crippen MR) is 84.2 cm³/mol. The van der Waals surface area contributed by atoms with Crippen LogP contribution in [0.4, 0.5) is 0 Å². The zero-order valence-corrected chi connectivity index (χ0v) is 13.6. The van der Waals surface area contributed by atoms with Crippen LogP contribution in [-0.2, 0) is 4.84 Å². The first kappa shape index (κ1) is 16.1. The van der Waals surface area contributed by atoms with Crippen LogP contribution in [-0.4, -0.2) is 25.7 Å². The Labute approximate surface area is 127 Å². The summed E-state index contributed by atoms with van der Waals surface area (Å²) >= 11 is 2.28. The number of rotatable bonds is 7. The maximum absolute atomic E-state index is 5.75. The molecule has 0 radical (unpaired) electrons. The summed E-state index contributed by atoms with van der Waals surface area (Å²) in [4.78, 5) is 5.01. The summed E-state index contributed by atoms with van der Waals surface area (Å²) in [6.07, 6.45) is 2.24. The third-order valence-corrected chi connectivity index (χ3v) is 3.19. The Bertz CT molecular complexity index is 436. The van der Waals surface area contributed by atoms with Gasteiger partial charge in [-0.2, -0.15) is 5.48 Å². The van der Waals surface area contributed by atoms with Gasteiger partial charge in [-0.3, -0.25) is 0 Å². The van der Waals surface area contributed by atoms with Gasteiger partial charge in [-0.15, -0.1) is 0 Å². The van der Waals surface area contributed by atoms with E-state index < -0.39 is 0 Å². The number of nitrogens with two attached hydrogens (primary N) is 1. The Morgan fingerprint density at radius 2 is 2.26 bits per heavy atom. The van der Waals surface area contributed by atoms with Gasteiger partial charge in [0.15, 0.2) is 0 Å². The summed E-state index contributed by atoms with van der Waals surface area (Å²) in [5, 5.41) is 1.52. The lowest BCUT2D eigenvalue weighted by atomic mass is 10.2. The zero-order chi connectivity index (χ0) is 14.3. The summed E-state index contributed by atoms with van der Waals surface area (Å²) in [6.45, 7) is 2.58. The first-order chi connectivity index (χ1) is 9.04. The molecule has 0 aliphatic rings. The Hall–Kier alpha value is -0.990. The van der Waals surface area contributed by atoms with Crippen molar-refractivity contribution in [1.82, 2.24) is 10.5 Å². The van der Waals surface area contributed by atoms with Crippen LogP contribution < -0.4 is 16.1 Å². The fourth-order valence-corrected chi connectivity index (χ4v) is 2.13. The summed E-state index contributed by atoms with van der Waals surface area (Å²) in [6, 6.07) is 6.10. The third-order valence-electron chi connectivity index (χ3n) is 2.52. The van der Waals surface area contributed by atoms with Crippen LogP contribution in [0.5, 0.6) is 5.75 Å². The van der Waals surface area contributed by atoms with E-state index in [0.717, 1.165) is 17.0 Å². The SMILES string of the molecule is CNO/C=C(\CCOc1ccc(I)cc1C)N(C)N. The van der Waals surface area contributed by atoms with Crippen LogP contribution in [0.15, 0.2) is 30.2 Å². The lowest BCUT2D eigenvalue weighted by Gasteiger charge is -2.17. The standard InChI is InChI=1S/C13H20IN3O2/c1-10-8-11(14)4-5-13(10)18-7-6-12(17(3)15)9-19-16-2/h4-5,8-9,16H,6-7,15H2,1-3H3/b12-9+. The number of hydrazine groups is 1. The lowest BCUT2D eigenvalue weighted by molar-refractivity contribution is 0.147. The van der Waals surface area contributed by atoms with Crippen LogP contribution in [0.25, 0.3) is 0 Å². The Kier molecular flexibility index (Phi) is 6.96. The van der Waals surface area contributed by atoms with Crippen molar-refractivity contribution in [2.45, 2.75) is 13.3 Å². The van der Waals surface area contributed by atoms with Crippen molar-refractivity contribution in [1.29, 1.82) is 0 Å². The van der Waals surface area contributed by atoms with E-state index >= 15 is 0 Å². The molecule has 0 fully saturated rings. The third kappa shape index (κ3) is 5.66. The molecule has 6 heteroatoms. The number of aryl methyl sites for hydroxylation is 1. The molecule has 0 aliphatic carbocycles. The van der Waals surface area contributed by atoms with Gasteiger partial charge in [-0.25, -0.2) is 5.84 Å². The molecule has 106 valence electrons. The molecule has 0 heterocycles. The van der Waals surface area contributed by atoms with E-state index in [1.807, 2.05) is 19.1 Å². The summed E-state index contributed by atoms with van der Waals surface area (Å²) in [5.41, 5.74) is 4.55. The van der Waals surface area contributed by atoms with Crippen molar-refractivity contribution in [2.75, 3.05) is 20.7 Å². The van der Waals surface area contributed by atoms with Crippen molar-refractivity contribution in [2.24, 2.45) is 5.84 Å². The molecule has 3 N–H and O–H groups in total. The number of ether oxygens (including phenoxy) is 1. The second-order valence-corrected chi connectivity index (χ2v) is 5.30. The number of hydrogen-bond donors (Lipinski definition) is 2. The molecule has 1 aromatic carbocycles. The minimum Gasteiger partial charge on any atom is -0.493 e. The maximum Gasteiger partial charge on any atom is 0.131 e. The molecule has 0 bridgehead atoms. The maximum atomic E-state index is 5.75. The molecule has 1 aromatic rings. The number of nitrogens with one attached hydrogen (secondary N) is 1. The average molecular weight is 377 g/mol. The van der Waals surface area contributed by atoms with Crippen LogP contribution >= 0.6 is 22.6 Å². The van der Waals surface area contributed by atoms with E-state index in [1.54, 1.807) is 20.4 Å². The highest BCUT2D eigenvalue weighted by atomic mass is 127. The van der Waals surface area contributed by atoms with Gasteiger partial charge in [-0.05, 0) is 53.3 Å². The van der Waals surface area contributed by atoms with Gasteiger partial charge in [0.2, 0.25) is 0 Å². The molecule has 0 atom stereocenters. The minimum absolute atomic E-state index is 0.544. The molecule has 0 unspecified atom stereocenters. The molecule has 19 heavy (non-hydrogen) atoms. The highest BCUT2D eigenvalue weighted by molar-refractivity contribution is 14.1. The van der Waals surface area contributed by atoms with Gasteiger partial charge in [0.25, 0.3) is 0 Å². The monoisotopic (exact) mass is 377 g/mol. The van der Waals surface area contributed by atoms with Crippen LogP contribution in [0.3, 0.4) is 0 Å². The molecular weight excluding hydrogens is 357 g/mol. The van der Waals surface area contributed by atoms with Gasteiger partial charge in [0.1, 0.15) is 12.0 Å². The molecule has 0 saturated carbocycles. The summed E-state index contributed by atoms with van der Waals surface area (Å²) in [7, 11) is 3.46. The average Bonchev–Trinajstić information content (AvgIpc) is 2.35. The van der Waals surface area contributed by atoms with E-state index in [-0.39, 0.29) is 0 Å². The number of halogens is 1. The van der Waals surface area contributed by atoms with Gasteiger partial charge >= 0.3 is 0 Å². The molecule has 0 spiro atoms. The minimum atomic E-state index is 0.544. The Morgan fingerprint density at radius 1 is 1.53 bits per heavy atom. The van der Waals surface area contributed by atoms with E-state index in [0.29, 0.717) is 13.0 Å². The Morgan fingerprint density at radius 3 is 2.84 bits per heavy atom. The van der Waals surface area contributed by atoms with Gasteiger partial charge < -0.3 is 14.6 Å². The number of benzene rings is 1. The molecular formula is C13H20IN3O2. The predicted octanol–water partition coefficient (Wildman–Crippen LogP) is 2.17. The van der Waals surface area contributed by atoms with E-state index in [2.05, 4.69) is 34.1 Å². The van der Waals surface area contributed by atoms with Crippen LogP contribution in [0, 0.1) is 10.5 Å². The first-order valence-corrected chi connectivity index (χ1v) is 7.01. The van der Waals surface area contributed by atoms with Gasteiger partial charge in [0.05, 0.1) is 12.3 Å². The van der Waals surface area contributed by atoms with Crippen molar-refractivity contribution in [3.05, 3.63) is 39.3 Å². The summed E-state index contributed by atoms with van der Waals surface area (Å²) in [5.74, 6) is 6.60. The van der Waals surface area contributed by atoms with Crippen LogP contribution in [0.1, 0.15) is 12.0 Å². The molecule has 0 aromatic heterocycles. The van der Waals surface area contributed by atoms with Crippen molar-refractivity contribution >= 4 is 22.6 Å². The van der Waals surface area contributed by atoms with E-state index in [1.165, 1.54) is 8.58 Å². The van der Waals surface area contributed by atoms with Gasteiger partial charge in [0, 0.05) is 24.1 Å². The number of nitrogens with zero attached hydrogens (tertiary/aromatic N) is 1. The van der Waals surface area contributed by atoms with Crippen LogP contribution in [0.2, 0.25) is 0 Å². The smallest absolute Gasteiger partial charge is 0.131 e. The fraction of sp³-hybridized carbons (Fsp3) is 0.385. The number of hydroxylamine groups is 1. The van der Waals surface area contributed by atoms with E-state index in [4.69, 9.17) is 15.4 Å². The second kappa shape index (κ2) is 8.23. The van der Waals surface area contributed by atoms with E-state index in [9.17, 15) is 0 Å². The highest BCUT2D eigenvalue weighted by Gasteiger charge is 2.04. The van der Waals surface area contributed by atoms with Crippen molar-refractivity contribution in [3.63, 3.8) is 0 Å². The van der Waals surface area contributed by atoms with Gasteiger partial charge in [-0.1, -0.05) is 0 Å².